The van der Waals surface area contributed by atoms with Crippen LogP contribution >= 0.6 is 0 Å². The van der Waals surface area contributed by atoms with Gasteiger partial charge in [-0.2, -0.15) is 17.6 Å². The first-order valence-corrected chi connectivity index (χ1v) is 9.25. The van der Waals surface area contributed by atoms with Crippen LogP contribution in [0.2, 0.25) is 0 Å². The van der Waals surface area contributed by atoms with E-state index in [0.717, 1.165) is 6.07 Å². The molecule has 2 aromatic carbocycles. The summed E-state index contributed by atoms with van der Waals surface area (Å²) in [5.41, 5.74) is 0.421. The molecule has 0 atom stereocenters. The third-order valence-corrected chi connectivity index (χ3v) is 4.85. The van der Waals surface area contributed by atoms with Crippen LogP contribution in [0.15, 0.2) is 41.2 Å². The van der Waals surface area contributed by atoms with E-state index in [1.807, 2.05) is 0 Å². The fourth-order valence-corrected chi connectivity index (χ4v) is 3.48. The lowest BCUT2D eigenvalue weighted by Gasteiger charge is -2.12. The second-order valence-electron chi connectivity index (χ2n) is 6.81. The number of carboxylic acid groups (broad SMARTS) is 1. The van der Waals surface area contributed by atoms with E-state index in [4.69, 9.17) is 0 Å². The molecule has 1 aliphatic rings. The first kappa shape index (κ1) is 21.3. The Hall–Kier alpha value is -3.89. The van der Waals surface area contributed by atoms with Gasteiger partial charge in [-0.05, 0) is 48.4 Å². The number of allylic oxidation sites excluding steroid dienone is 1. The predicted octanol–water partition coefficient (Wildman–Crippen LogP) is 4.24. The number of fused-ring (bicyclic) bond motifs is 2. The van der Waals surface area contributed by atoms with Crippen LogP contribution in [0.3, 0.4) is 0 Å². The van der Waals surface area contributed by atoms with Crippen LogP contribution < -0.4 is 15.0 Å². The molecule has 32 heavy (non-hydrogen) atoms. The average molecular weight is 450 g/mol. The zero-order chi connectivity index (χ0) is 23.0. The van der Waals surface area contributed by atoms with E-state index < -0.39 is 19.2 Å². The molecule has 7 nitrogen and oxygen atoms in total. The minimum atomic E-state index is -3.20. The van der Waals surface area contributed by atoms with Crippen LogP contribution in [0, 0.1) is 0 Å². The van der Waals surface area contributed by atoms with Gasteiger partial charge in [-0.1, -0.05) is 0 Å². The molecule has 0 unspecified atom stereocenters. The number of benzene rings is 2. The summed E-state index contributed by atoms with van der Waals surface area (Å²) in [7, 11) is 0. The van der Waals surface area contributed by atoms with Crippen molar-refractivity contribution >= 4 is 28.5 Å². The van der Waals surface area contributed by atoms with Crippen LogP contribution in [-0.2, 0) is 6.54 Å². The summed E-state index contributed by atoms with van der Waals surface area (Å²) in [6.45, 7) is -6.06. The monoisotopic (exact) mass is 450 g/mol. The van der Waals surface area contributed by atoms with E-state index in [9.17, 15) is 32.3 Å². The molecule has 11 heteroatoms. The molecule has 0 radical (unpaired) electrons. The number of hydrogen-bond donors (Lipinski definition) is 1. The molecule has 1 N–H and O–H groups in total. The van der Waals surface area contributed by atoms with Crippen molar-refractivity contribution in [1.82, 2.24) is 9.55 Å². The number of alkyl halides is 4. The summed E-state index contributed by atoms with van der Waals surface area (Å²) in [5.74, 6) is -1.67. The van der Waals surface area contributed by atoms with Gasteiger partial charge in [0.15, 0.2) is 0 Å². The van der Waals surface area contributed by atoms with Crippen LogP contribution in [0.1, 0.15) is 28.2 Å². The summed E-state index contributed by atoms with van der Waals surface area (Å²) in [6.07, 6.45) is 1.80. The average Bonchev–Trinajstić information content (AvgIpc) is 3.11. The Morgan fingerprint density at radius 3 is 2.53 bits per heavy atom. The Morgan fingerprint density at radius 1 is 1.09 bits per heavy atom. The van der Waals surface area contributed by atoms with Crippen molar-refractivity contribution in [3.8, 4) is 11.5 Å². The van der Waals surface area contributed by atoms with Gasteiger partial charge < -0.3 is 14.6 Å². The van der Waals surface area contributed by atoms with E-state index in [-0.39, 0.29) is 51.5 Å². The molecule has 0 saturated carbocycles. The number of rotatable bonds is 6. The quantitative estimate of drug-likeness (QED) is 0.565. The molecule has 3 aromatic rings. The largest absolute Gasteiger partial charge is 0.478 e. The van der Waals surface area contributed by atoms with Crippen LogP contribution in [0.5, 0.6) is 11.5 Å². The molecule has 1 aliphatic heterocycles. The fraction of sp³-hybridized carbons (Fsp3) is 0.190. The van der Waals surface area contributed by atoms with Crippen molar-refractivity contribution in [2.75, 3.05) is 0 Å². The van der Waals surface area contributed by atoms with Crippen LogP contribution in [-0.4, -0.2) is 33.8 Å². The van der Waals surface area contributed by atoms with Gasteiger partial charge in [0.1, 0.15) is 17.3 Å². The van der Waals surface area contributed by atoms with Crippen LogP contribution in [0.4, 0.5) is 17.6 Å². The minimum absolute atomic E-state index is 0.0416. The molecule has 0 saturated heterocycles. The standard InChI is InChI=1S/C21H14F4N2O5/c22-20(23)31-13-3-1-10(16(9-13)32-21(24)25)7-11-5-6-27-17(11)26-15-8-12(19(29)30)2-4-14(15)18(27)28/h1-4,7-9,20-21H,5-6H2,(H,29,30)/b11-7+. The molecule has 0 spiro atoms. The van der Waals surface area contributed by atoms with Crippen molar-refractivity contribution < 1.29 is 36.9 Å². The first-order valence-electron chi connectivity index (χ1n) is 9.25. The molecule has 0 aliphatic carbocycles. The van der Waals surface area contributed by atoms with Crippen molar-refractivity contribution in [3.63, 3.8) is 0 Å². The number of halogens is 4. The smallest absolute Gasteiger partial charge is 0.387 e. The molecular formula is C21H14F4N2O5. The summed E-state index contributed by atoms with van der Waals surface area (Å²) >= 11 is 0. The Kier molecular flexibility index (Phi) is 5.56. The highest BCUT2D eigenvalue weighted by molar-refractivity contribution is 5.93. The summed E-state index contributed by atoms with van der Waals surface area (Å²) in [6, 6.07) is 7.33. The molecule has 4 rings (SSSR count). The van der Waals surface area contributed by atoms with Gasteiger partial charge in [-0.25, -0.2) is 9.78 Å². The Labute approximate surface area is 177 Å². The Morgan fingerprint density at radius 2 is 1.84 bits per heavy atom. The SMILES string of the molecule is O=C(O)c1ccc2c(=O)n3c(nc2c1)/C(=C/c1ccc(OC(F)F)cc1OC(F)F)CC3. The number of aromatic nitrogens is 2. The fourth-order valence-electron chi connectivity index (χ4n) is 3.48. The summed E-state index contributed by atoms with van der Waals surface area (Å²) in [5, 5.41) is 9.42. The third kappa shape index (κ3) is 4.13. The van der Waals surface area contributed by atoms with E-state index >= 15 is 0 Å². The maximum atomic E-state index is 12.8. The zero-order valence-corrected chi connectivity index (χ0v) is 16.1. The van der Waals surface area contributed by atoms with Gasteiger partial charge >= 0.3 is 19.2 Å². The first-order chi connectivity index (χ1) is 15.2. The highest BCUT2D eigenvalue weighted by atomic mass is 19.3. The molecule has 0 bridgehead atoms. The van der Waals surface area contributed by atoms with Gasteiger partial charge in [0, 0.05) is 18.2 Å². The topological polar surface area (TPSA) is 90.7 Å². The number of nitrogens with zero attached hydrogens (tertiary/aromatic N) is 2. The molecule has 2 heterocycles. The van der Waals surface area contributed by atoms with Crippen molar-refractivity contribution in [3.05, 3.63) is 63.7 Å². The summed E-state index contributed by atoms with van der Waals surface area (Å²) < 4.78 is 60.7. The number of carbonyl (C=O) groups is 1. The van der Waals surface area contributed by atoms with Crippen molar-refractivity contribution in [1.29, 1.82) is 0 Å². The van der Waals surface area contributed by atoms with Gasteiger partial charge in [0.25, 0.3) is 5.56 Å². The summed E-state index contributed by atoms with van der Waals surface area (Å²) in [4.78, 5) is 28.4. The lowest BCUT2D eigenvalue weighted by atomic mass is 10.1. The minimum Gasteiger partial charge on any atom is -0.478 e. The molecule has 0 amide bonds. The van der Waals surface area contributed by atoms with Gasteiger partial charge in [-0.15, -0.1) is 0 Å². The van der Waals surface area contributed by atoms with Crippen LogP contribution in [0.25, 0.3) is 22.6 Å². The molecular weight excluding hydrogens is 436 g/mol. The van der Waals surface area contributed by atoms with E-state index in [0.29, 0.717) is 12.0 Å². The van der Waals surface area contributed by atoms with E-state index in [1.165, 1.54) is 41.0 Å². The predicted molar refractivity (Wildman–Crippen MR) is 105 cm³/mol. The second kappa shape index (κ2) is 8.33. The highest BCUT2D eigenvalue weighted by Gasteiger charge is 2.22. The van der Waals surface area contributed by atoms with E-state index in [1.54, 1.807) is 0 Å². The molecule has 166 valence electrons. The van der Waals surface area contributed by atoms with Gasteiger partial charge in [0.05, 0.1) is 16.5 Å². The zero-order valence-electron chi connectivity index (χ0n) is 16.1. The molecule has 0 fully saturated rings. The van der Waals surface area contributed by atoms with Gasteiger partial charge in [-0.3, -0.25) is 9.36 Å². The number of carboxylic acids is 1. The van der Waals surface area contributed by atoms with Crippen molar-refractivity contribution in [2.24, 2.45) is 0 Å². The molecule has 1 aromatic heterocycles. The van der Waals surface area contributed by atoms with Crippen molar-refractivity contribution in [2.45, 2.75) is 26.2 Å². The second-order valence-corrected chi connectivity index (χ2v) is 6.81. The maximum Gasteiger partial charge on any atom is 0.387 e. The third-order valence-electron chi connectivity index (χ3n) is 4.85. The van der Waals surface area contributed by atoms with Gasteiger partial charge in [0.2, 0.25) is 0 Å². The number of hydrogen-bond acceptors (Lipinski definition) is 5. The Balaban J connectivity index is 1.81. The normalized spacial score (nSPS) is 14.4. The lowest BCUT2D eigenvalue weighted by Crippen LogP contribution is -2.21. The lowest BCUT2D eigenvalue weighted by molar-refractivity contribution is -0.0543. The van der Waals surface area contributed by atoms with E-state index in [2.05, 4.69) is 14.5 Å². The number of ether oxygens (including phenoxy) is 2. The number of aromatic carboxylic acids is 1. The Bertz CT molecular complexity index is 1300. The maximum absolute atomic E-state index is 12.8. The highest BCUT2D eigenvalue weighted by Crippen LogP contribution is 2.33.